The molecule has 0 aliphatic carbocycles. The number of hydrogen-bond donors (Lipinski definition) is 2. The van der Waals surface area contributed by atoms with Gasteiger partial charge in [0.05, 0.1) is 41.1 Å². The van der Waals surface area contributed by atoms with E-state index in [1.54, 1.807) is 29.1 Å². The predicted octanol–water partition coefficient (Wildman–Crippen LogP) is 3.95. The molecule has 2 N–H and O–H groups in total. The lowest BCUT2D eigenvalue weighted by Gasteiger charge is -2.06. The van der Waals surface area contributed by atoms with Crippen molar-refractivity contribution >= 4 is 22.5 Å². The van der Waals surface area contributed by atoms with Crippen LogP contribution in [0.3, 0.4) is 0 Å². The normalized spacial score (nSPS) is 11.4. The van der Waals surface area contributed by atoms with Crippen LogP contribution < -0.4 is 5.32 Å². The fourth-order valence-electron chi connectivity index (χ4n) is 3.00. The first kappa shape index (κ1) is 19.2. The van der Waals surface area contributed by atoms with Crippen molar-refractivity contribution in [2.24, 2.45) is 0 Å². The molecule has 10 heteroatoms. The number of nitrogens with zero attached hydrogens (tertiary/aromatic N) is 4. The van der Waals surface area contributed by atoms with Gasteiger partial charge in [0.2, 0.25) is 0 Å². The summed E-state index contributed by atoms with van der Waals surface area (Å²) in [7, 11) is 0. The summed E-state index contributed by atoms with van der Waals surface area (Å²) in [4.78, 5) is 12.5. The number of rotatable bonds is 4. The van der Waals surface area contributed by atoms with Gasteiger partial charge in [-0.3, -0.25) is 14.6 Å². The van der Waals surface area contributed by atoms with E-state index in [2.05, 4.69) is 26.7 Å². The Bertz CT molecular complexity index is 1280. The lowest BCUT2D eigenvalue weighted by Crippen LogP contribution is -2.12. The molecule has 0 aliphatic rings. The second kappa shape index (κ2) is 7.36. The number of hydrogen-bond acceptors (Lipinski definition) is 4. The van der Waals surface area contributed by atoms with Crippen molar-refractivity contribution in [3.05, 3.63) is 77.2 Å². The number of nitriles is 1. The highest BCUT2D eigenvalue weighted by molar-refractivity contribution is 6.11. The largest absolute Gasteiger partial charge is 0.416 e. The van der Waals surface area contributed by atoms with Crippen LogP contribution in [0.5, 0.6) is 0 Å². The number of carbonyl (C=O) groups is 1. The molecule has 30 heavy (non-hydrogen) atoms. The van der Waals surface area contributed by atoms with Crippen LogP contribution >= 0.6 is 0 Å². The number of H-pyrrole nitrogens is 1. The van der Waals surface area contributed by atoms with Gasteiger partial charge in [-0.2, -0.15) is 28.6 Å². The fourth-order valence-corrected chi connectivity index (χ4v) is 3.00. The van der Waals surface area contributed by atoms with Gasteiger partial charge in [-0.05, 0) is 35.9 Å². The maximum atomic E-state index is 12.8. The van der Waals surface area contributed by atoms with Gasteiger partial charge in [0.1, 0.15) is 0 Å². The van der Waals surface area contributed by atoms with Crippen LogP contribution in [0.4, 0.5) is 18.9 Å². The fraction of sp³-hybridized carbons (Fsp3) is 0.100. The molecule has 2 heterocycles. The highest BCUT2D eigenvalue weighted by atomic mass is 19.4. The quantitative estimate of drug-likeness (QED) is 0.532. The zero-order valence-electron chi connectivity index (χ0n) is 15.2. The van der Waals surface area contributed by atoms with Crippen molar-refractivity contribution in [3.8, 4) is 6.07 Å². The minimum atomic E-state index is -4.48. The summed E-state index contributed by atoms with van der Waals surface area (Å²) < 4.78 is 40.1. The number of aromatic nitrogens is 4. The van der Waals surface area contributed by atoms with Gasteiger partial charge in [0.15, 0.2) is 5.69 Å². The average Bonchev–Trinajstić information content (AvgIpc) is 3.33. The SMILES string of the molecule is N#Cc1cccc(Cn2cc(NC(=O)c3n[nH]c4cc(C(F)(F)F)ccc34)cn2)c1. The number of carbonyl (C=O) groups excluding carboxylic acids is 1. The number of alkyl halides is 3. The van der Waals surface area contributed by atoms with E-state index in [9.17, 15) is 18.0 Å². The third kappa shape index (κ3) is 3.86. The highest BCUT2D eigenvalue weighted by Gasteiger charge is 2.31. The van der Waals surface area contributed by atoms with Crippen LogP contribution in [0.25, 0.3) is 10.9 Å². The summed E-state index contributed by atoms with van der Waals surface area (Å²) in [5.74, 6) is -0.577. The Balaban J connectivity index is 1.50. The molecule has 0 bridgehead atoms. The van der Waals surface area contributed by atoms with Crippen LogP contribution in [0.15, 0.2) is 54.9 Å². The van der Waals surface area contributed by atoms with Crippen molar-refractivity contribution in [2.45, 2.75) is 12.7 Å². The van der Waals surface area contributed by atoms with Gasteiger partial charge >= 0.3 is 6.18 Å². The topological polar surface area (TPSA) is 99.4 Å². The smallest absolute Gasteiger partial charge is 0.318 e. The Kier molecular flexibility index (Phi) is 4.71. The molecule has 7 nitrogen and oxygen atoms in total. The van der Waals surface area contributed by atoms with Gasteiger partial charge in [0, 0.05) is 11.6 Å². The summed E-state index contributed by atoms with van der Waals surface area (Å²) in [6, 6.07) is 12.2. The molecule has 4 aromatic rings. The van der Waals surface area contributed by atoms with Crippen LogP contribution in [0.1, 0.15) is 27.2 Å². The minimum absolute atomic E-state index is 0.0202. The number of benzene rings is 2. The Hall–Kier alpha value is -4.13. The van der Waals surface area contributed by atoms with Gasteiger partial charge in [-0.25, -0.2) is 0 Å². The van der Waals surface area contributed by atoms with E-state index in [0.717, 1.165) is 17.7 Å². The van der Waals surface area contributed by atoms with Gasteiger partial charge in [0.25, 0.3) is 5.91 Å². The molecule has 1 amide bonds. The number of halogens is 3. The Morgan fingerprint density at radius 3 is 2.83 bits per heavy atom. The molecule has 0 spiro atoms. The maximum Gasteiger partial charge on any atom is 0.416 e. The Labute approximate surface area is 167 Å². The monoisotopic (exact) mass is 410 g/mol. The maximum absolute atomic E-state index is 12.8. The third-order valence-electron chi connectivity index (χ3n) is 4.40. The van der Waals surface area contributed by atoms with E-state index < -0.39 is 17.6 Å². The van der Waals surface area contributed by atoms with E-state index in [1.807, 2.05) is 6.07 Å². The van der Waals surface area contributed by atoms with E-state index in [0.29, 0.717) is 17.8 Å². The van der Waals surface area contributed by atoms with Crippen molar-refractivity contribution in [1.82, 2.24) is 20.0 Å². The first-order chi connectivity index (χ1) is 14.3. The number of nitrogens with one attached hydrogen (secondary N) is 2. The molecule has 2 aromatic carbocycles. The standard InChI is InChI=1S/C20H13F3N6O/c21-20(22,23)14-4-5-16-17(7-14)27-28-18(16)19(30)26-15-9-25-29(11-15)10-13-3-1-2-12(6-13)8-24/h1-7,9,11H,10H2,(H,26,30)(H,27,28). The van der Waals surface area contributed by atoms with Crippen LogP contribution in [0.2, 0.25) is 0 Å². The molecule has 4 rings (SSSR count). The van der Waals surface area contributed by atoms with Crippen LogP contribution in [-0.2, 0) is 12.7 Å². The van der Waals surface area contributed by atoms with Crippen LogP contribution in [-0.4, -0.2) is 25.9 Å². The lowest BCUT2D eigenvalue weighted by molar-refractivity contribution is -0.137. The summed E-state index contributed by atoms with van der Waals surface area (Å²) in [5.41, 5.74) is 1.07. The summed E-state index contributed by atoms with van der Waals surface area (Å²) in [5, 5.41) is 22.3. The number of aromatic amines is 1. The second-order valence-electron chi connectivity index (χ2n) is 6.52. The van der Waals surface area contributed by atoms with Crippen molar-refractivity contribution in [2.75, 3.05) is 5.32 Å². The third-order valence-corrected chi connectivity index (χ3v) is 4.40. The van der Waals surface area contributed by atoms with Crippen LogP contribution in [0, 0.1) is 11.3 Å². The lowest BCUT2D eigenvalue weighted by atomic mass is 10.1. The van der Waals surface area contributed by atoms with E-state index >= 15 is 0 Å². The predicted molar refractivity (Wildman–Crippen MR) is 102 cm³/mol. The van der Waals surface area contributed by atoms with E-state index in [1.165, 1.54) is 12.3 Å². The van der Waals surface area contributed by atoms with Crippen molar-refractivity contribution in [1.29, 1.82) is 5.26 Å². The van der Waals surface area contributed by atoms with Crippen molar-refractivity contribution in [3.63, 3.8) is 0 Å². The zero-order chi connectivity index (χ0) is 21.3. The summed E-state index contributed by atoms with van der Waals surface area (Å²) >= 11 is 0. The second-order valence-corrected chi connectivity index (χ2v) is 6.52. The molecule has 0 aliphatic heterocycles. The molecule has 0 unspecified atom stereocenters. The number of amides is 1. The number of fused-ring (bicyclic) bond motifs is 1. The molecule has 2 aromatic heterocycles. The molecular formula is C20H13F3N6O. The van der Waals surface area contributed by atoms with Gasteiger partial charge in [-0.15, -0.1) is 0 Å². The molecular weight excluding hydrogens is 397 g/mol. The number of anilines is 1. The van der Waals surface area contributed by atoms with Crippen molar-refractivity contribution < 1.29 is 18.0 Å². The first-order valence-electron chi connectivity index (χ1n) is 8.71. The van der Waals surface area contributed by atoms with E-state index in [-0.39, 0.29) is 16.6 Å². The average molecular weight is 410 g/mol. The molecule has 0 saturated carbocycles. The summed E-state index contributed by atoms with van der Waals surface area (Å²) in [6.07, 6.45) is -1.43. The molecule has 0 radical (unpaired) electrons. The van der Waals surface area contributed by atoms with E-state index in [4.69, 9.17) is 5.26 Å². The Morgan fingerprint density at radius 2 is 2.07 bits per heavy atom. The van der Waals surface area contributed by atoms with Gasteiger partial charge in [-0.1, -0.05) is 12.1 Å². The molecule has 0 atom stereocenters. The first-order valence-corrected chi connectivity index (χ1v) is 8.71. The molecule has 0 fully saturated rings. The molecule has 150 valence electrons. The van der Waals surface area contributed by atoms with Gasteiger partial charge < -0.3 is 5.32 Å². The zero-order valence-corrected chi connectivity index (χ0v) is 15.2. The Morgan fingerprint density at radius 1 is 1.23 bits per heavy atom. The summed E-state index contributed by atoms with van der Waals surface area (Å²) in [6.45, 7) is 0.400. The highest BCUT2D eigenvalue weighted by Crippen LogP contribution is 2.31. The minimum Gasteiger partial charge on any atom is -0.318 e. The molecule has 0 saturated heterocycles.